The Morgan fingerprint density at radius 2 is 1.87 bits per heavy atom. The van der Waals surface area contributed by atoms with E-state index in [4.69, 9.17) is 20.8 Å². The first-order valence-corrected chi connectivity index (χ1v) is 11.1. The van der Waals surface area contributed by atoms with Crippen molar-refractivity contribution in [3.63, 3.8) is 0 Å². The van der Waals surface area contributed by atoms with Crippen molar-refractivity contribution >= 4 is 26.2 Å². The van der Waals surface area contributed by atoms with Gasteiger partial charge in [0.25, 0.3) is 0 Å². The van der Waals surface area contributed by atoms with Crippen molar-refractivity contribution < 1.29 is 18.3 Å². The summed E-state index contributed by atoms with van der Waals surface area (Å²) in [4.78, 5) is 10.7. The molecule has 1 aliphatic carbocycles. The number of hydrogen-bond donors (Lipinski definition) is 0. The Kier molecular flexibility index (Phi) is 5.87. The van der Waals surface area contributed by atoms with Crippen LogP contribution >= 0.6 is 11.6 Å². The molecule has 1 saturated carbocycles. The summed E-state index contributed by atoms with van der Waals surface area (Å²) < 4.78 is 26.1. The van der Waals surface area contributed by atoms with Crippen LogP contribution in [0.2, 0.25) is 23.2 Å². The zero-order valence-corrected chi connectivity index (χ0v) is 15.7. The highest BCUT2D eigenvalue weighted by Crippen LogP contribution is 2.45. The molecule has 3 nitrogen and oxygen atoms in total. The Morgan fingerprint density at radius 3 is 2.35 bits per heavy atom. The molecule has 0 radical (unpaired) electrons. The van der Waals surface area contributed by atoms with Gasteiger partial charge in [0.05, 0.1) is 11.2 Å². The first-order valence-electron chi connectivity index (χ1n) is 8.21. The minimum atomic E-state index is -1.70. The molecule has 1 fully saturated rings. The van der Waals surface area contributed by atoms with Gasteiger partial charge >= 0.3 is 0 Å². The van der Waals surface area contributed by atoms with Gasteiger partial charge in [0, 0.05) is 0 Å². The summed E-state index contributed by atoms with van der Waals surface area (Å²) in [5.41, 5.74) is -0.300. The minimum Gasteiger partial charge on any atom is -0.489 e. The molecule has 0 aliphatic heterocycles. The highest BCUT2D eigenvalue weighted by Gasteiger charge is 2.50. The predicted molar refractivity (Wildman–Crippen MR) is 92.5 cm³/mol. The first kappa shape index (κ1) is 18.4. The molecule has 0 unspecified atom stereocenters. The fourth-order valence-electron chi connectivity index (χ4n) is 2.80. The SMILES string of the molecule is CC[Si](CC)(CC)OC1(COc2ccc(C=O)c(F)c2Cl)CC1. The summed E-state index contributed by atoms with van der Waals surface area (Å²) in [5.74, 6) is -0.467. The van der Waals surface area contributed by atoms with Crippen LogP contribution in [0.15, 0.2) is 12.1 Å². The van der Waals surface area contributed by atoms with E-state index in [1.807, 2.05) is 0 Å². The molecule has 128 valence electrons. The van der Waals surface area contributed by atoms with Gasteiger partial charge in [-0.15, -0.1) is 0 Å². The van der Waals surface area contributed by atoms with Crippen LogP contribution in [0.4, 0.5) is 4.39 Å². The number of rotatable bonds is 9. The Hall–Kier alpha value is -0.913. The van der Waals surface area contributed by atoms with Gasteiger partial charge in [-0.2, -0.15) is 0 Å². The van der Waals surface area contributed by atoms with Crippen molar-refractivity contribution in [3.05, 3.63) is 28.5 Å². The molecular weight excluding hydrogens is 335 g/mol. The number of ether oxygens (including phenoxy) is 1. The highest BCUT2D eigenvalue weighted by molar-refractivity contribution is 6.73. The maximum absolute atomic E-state index is 13.9. The molecule has 0 spiro atoms. The van der Waals surface area contributed by atoms with E-state index in [9.17, 15) is 9.18 Å². The Balaban J connectivity index is 2.06. The van der Waals surface area contributed by atoms with E-state index in [1.165, 1.54) is 12.1 Å². The lowest BCUT2D eigenvalue weighted by molar-refractivity contribution is 0.0969. The number of carbonyl (C=O) groups excluding carboxylic acids is 1. The molecule has 2 rings (SSSR count). The van der Waals surface area contributed by atoms with Gasteiger partial charge in [-0.3, -0.25) is 4.79 Å². The molecule has 1 aromatic carbocycles. The van der Waals surface area contributed by atoms with Crippen molar-refractivity contribution in [3.8, 4) is 5.75 Å². The van der Waals surface area contributed by atoms with E-state index < -0.39 is 14.1 Å². The topological polar surface area (TPSA) is 35.5 Å². The Morgan fingerprint density at radius 1 is 1.26 bits per heavy atom. The second kappa shape index (κ2) is 7.32. The van der Waals surface area contributed by atoms with Gasteiger partial charge in [0.1, 0.15) is 17.4 Å². The lowest BCUT2D eigenvalue weighted by atomic mass is 10.2. The fourth-order valence-corrected chi connectivity index (χ4v) is 6.14. The third kappa shape index (κ3) is 3.95. The van der Waals surface area contributed by atoms with Crippen LogP contribution in [0.1, 0.15) is 44.0 Å². The monoisotopic (exact) mass is 358 g/mol. The zero-order chi connectivity index (χ0) is 17.1. The summed E-state index contributed by atoms with van der Waals surface area (Å²) in [6, 6.07) is 6.18. The van der Waals surface area contributed by atoms with E-state index in [2.05, 4.69) is 20.8 Å². The summed E-state index contributed by atoms with van der Waals surface area (Å²) >= 11 is 5.95. The van der Waals surface area contributed by atoms with Gasteiger partial charge < -0.3 is 9.16 Å². The van der Waals surface area contributed by atoms with Crippen molar-refractivity contribution in [2.24, 2.45) is 0 Å². The third-order valence-corrected chi connectivity index (χ3v) is 9.95. The minimum absolute atomic E-state index is 0.0610. The molecule has 0 aromatic heterocycles. The summed E-state index contributed by atoms with van der Waals surface area (Å²) in [6.45, 7) is 6.96. The summed E-state index contributed by atoms with van der Waals surface area (Å²) in [7, 11) is -1.70. The quantitative estimate of drug-likeness (QED) is 0.448. The molecule has 0 amide bonds. The first-order chi connectivity index (χ1) is 10.9. The zero-order valence-electron chi connectivity index (χ0n) is 14.0. The van der Waals surface area contributed by atoms with Crippen LogP contribution in [0, 0.1) is 5.82 Å². The largest absolute Gasteiger partial charge is 0.489 e. The third-order valence-electron chi connectivity index (χ3n) is 4.87. The molecule has 6 heteroatoms. The highest BCUT2D eigenvalue weighted by atomic mass is 35.5. The lowest BCUT2D eigenvalue weighted by Crippen LogP contribution is -2.43. The maximum Gasteiger partial charge on any atom is 0.193 e. The standard InChI is InChI=1S/C17H24ClFO3Si/c1-4-23(5-2,6-3)22-17(9-10-17)12-21-14-8-7-13(11-20)16(19)15(14)18/h7-8,11H,4-6,9-10,12H2,1-3H3. The van der Waals surface area contributed by atoms with E-state index in [1.54, 1.807) is 0 Å². The van der Waals surface area contributed by atoms with Crippen molar-refractivity contribution in [2.75, 3.05) is 6.61 Å². The lowest BCUT2D eigenvalue weighted by Gasteiger charge is -2.33. The van der Waals surface area contributed by atoms with Crippen LogP contribution in [-0.2, 0) is 4.43 Å². The fraction of sp³-hybridized carbons (Fsp3) is 0.588. The van der Waals surface area contributed by atoms with Gasteiger partial charge in [0.15, 0.2) is 20.4 Å². The van der Waals surface area contributed by atoms with Gasteiger partial charge in [-0.1, -0.05) is 32.4 Å². The normalized spacial score (nSPS) is 16.2. The number of aldehydes is 1. The van der Waals surface area contributed by atoms with Crippen LogP contribution in [0.3, 0.4) is 0 Å². The van der Waals surface area contributed by atoms with Crippen molar-refractivity contribution in [2.45, 2.75) is 57.3 Å². The molecule has 0 bridgehead atoms. The average molecular weight is 359 g/mol. The average Bonchev–Trinajstić information content (AvgIpc) is 3.34. The second-order valence-electron chi connectivity index (χ2n) is 6.22. The van der Waals surface area contributed by atoms with Gasteiger partial charge in [-0.25, -0.2) is 4.39 Å². The Labute approximate surface area is 143 Å². The number of carbonyl (C=O) groups is 1. The summed E-state index contributed by atoms with van der Waals surface area (Å²) in [5, 5.41) is -0.143. The second-order valence-corrected chi connectivity index (χ2v) is 11.3. The molecule has 0 heterocycles. The Bertz CT molecular complexity index is 563. The molecule has 0 N–H and O–H groups in total. The molecule has 23 heavy (non-hydrogen) atoms. The van der Waals surface area contributed by atoms with Crippen LogP contribution in [-0.4, -0.2) is 26.8 Å². The maximum atomic E-state index is 13.9. The van der Waals surface area contributed by atoms with E-state index in [0.29, 0.717) is 12.9 Å². The van der Waals surface area contributed by atoms with E-state index in [0.717, 1.165) is 31.0 Å². The molecule has 1 aromatic rings. The van der Waals surface area contributed by atoms with Gasteiger partial charge in [-0.05, 0) is 43.1 Å². The van der Waals surface area contributed by atoms with Crippen molar-refractivity contribution in [1.29, 1.82) is 0 Å². The van der Waals surface area contributed by atoms with Crippen molar-refractivity contribution in [1.82, 2.24) is 0 Å². The number of halogens is 2. The predicted octanol–water partition coefficient (Wildman–Crippen LogP) is 5.22. The smallest absolute Gasteiger partial charge is 0.193 e. The van der Waals surface area contributed by atoms with Crippen LogP contribution in [0.25, 0.3) is 0 Å². The molecule has 0 atom stereocenters. The summed E-state index contributed by atoms with van der Waals surface area (Å²) in [6.07, 6.45) is 2.38. The molecule has 0 saturated heterocycles. The van der Waals surface area contributed by atoms with Gasteiger partial charge in [0.2, 0.25) is 0 Å². The van der Waals surface area contributed by atoms with E-state index >= 15 is 0 Å². The van der Waals surface area contributed by atoms with Crippen LogP contribution in [0.5, 0.6) is 5.75 Å². The van der Waals surface area contributed by atoms with E-state index in [-0.39, 0.29) is 21.9 Å². The number of hydrogen-bond acceptors (Lipinski definition) is 3. The van der Waals surface area contributed by atoms with Crippen LogP contribution < -0.4 is 4.74 Å². The number of benzene rings is 1. The molecule has 1 aliphatic rings. The molecular formula is C17H24ClFO3Si.